The number of aryl methyl sites for hydroxylation is 1. The Labute approximate surface area is 104 Å². The molecule has 90 valence electrons. The number of hydrogen-bond donors (Lipinski definition) is 1. The van der Waals surface area contributed by atoms with Crippen LogP contribution in [0.4, 0.5) is 0 Å². The van der Waals surface area contributed by atoms with Crippen LogP contribution in [0.25, 0.3) is 0 Å². The molecule has 1 heterocycles. The van der Waals surface area contributed by atoms with Gasteiger partial charge in [0.15, 0.2) is 11.1 Å². The van der Waals surface area contributed by atoms with E-state index in [0.717, 1.165) is 29.7 Å². The molecule has 1 aromatic rings. The highest BCUT2D eigenvalue weighted by molar-refractivity contribution is 7.80. The SMILES string of the molecule is COc1c(CCCS)cc[si](OC)c1OC. The number of ether oxygens (including phenoxy) is 2. The maximum atomic E-state index is 5.42. The second kappa shape index (κ2) is 6.80. The predicted octanol–water partition coefficient (Wildman–Crippen LogP) is 1.65. The minimum absolute atomic E-state index is 0.836. The summed E-state index contributed by atoms with van der Waals surface area (Å²) < 4.78 is 16.2. The van der Waals surface area contributed by atoms with Crippen molar-refractivity contribution in [2.24, 2.45) is 0 Å². The van der Waals surface area contributed by atoms with Gasteiger partial charge in [0.2, 0.25) is 0 Å². The van der Waals surface area contributed by atoms with Gasteiger partial charge < -0.3 is 13.9 Å². The standard InChI is InChI=1S/C11H18O3SSi/c1-12-10-9(5-4-7-15)6-8-16(14-3)11(10)13-2/h6,8,15H,4-5,7H2,1-3H3. The van der Waals surface area contributed by atoms with Crippen molar-refractivity contribution in [3.05, 3.63) is 17.3 Å². The molecule has 0 aliphatic carbocycles. The van der Waals surface area contributed by atoms with E-state index in [1.807, 2.05) is 0 Å². The fraction of sp³-hybridized carbons (Fsp3) is 0.545. The van der Waals surface area contributed by atoms with Crippen molar-refractivity contribution in [3.63, 3.8) is 0 Å². The first-order valence-electron chi connectivity index (χ1n) is 5.17. The average Bonchev–Trinajstić information content (AvgIpc) is 2.34. The van der Waals surface area contributed by atoms with Crippen molar-refractivity contribution in [1.82, 2.24) is 0 Å². The molecule has 0 radical (unpaired) electrons. The van der Waals surface area contributed by atoms with Gasteiger partial charge in [-0.25, -0.2) is 0 Å². The Morgan fingerprint density at radius 1 is 1.25 bits per heavy atom. The molecule has 0 aromatic carbocycles. The third kappa shape index (κ3) is 2.92. The summed E-state index contributed by atoms with van der Waals surface area (Å²) >= 11 is 4.22. The molecule has 5 heteroatoms. The Balaban J connectivity index is 3.10. The first-order valence-corrected chi connectivity index (χ1v) is 7.29. The number of thiol groups is 1. The minimum atomic E-state index is -1.18. The van der Waals surface area contributed by atoms with Gasteiger partial charge in [0.05, 0.1) is 21.3 Å². The van der Waals surface area contributed by atoms with Gasteiger partial charge in [-0.15, -0.1) is 0 Å². The Morgan fingerprint density at radius 2 is 2.00 bits per heavy atom. The molecule has 0 aliphatic rings. The van der Waals surface area contributed by atoms with Crippen LogP contribution in [0.3, 0.4) is 0 Å². The van der Waals surface area contributed by atoms with Crippen LogP contribution in [0.1, 0.15) is 12.0 Å². The highest BCUT2D eigenvalue weighted by Crippen LogP contribution is 2.30. The van der Waals surface area contributed by atoms with E-state index in [2.05, 4.69) is 24.4 Å². The van der Waals surface area contributed by atoms with E-state index in [-0.39, 0.29) is 0 Å². The molecular formula is C11H18O3SSi. The van der Waals surface area contributed by atoms with E-state index in [9.17, 15) is 0 Å². The van der Waals surface area contributed by atoms with E-state index in [1.165, 1.54) is 5.56 Å². The van der Waals surface area contributed by atoms with Crippen molar-refractivity contribution in [2.45, 2.75) is 12.8 Å². The molecule has 0 unspecified atom stereocenters. The summed E-state index contributed by atoms with van der Waals surface area (Å²) in [5.74, 6) is 1.71. The molecule has 0 N–H and O–H groups in total. The van der Waals surface area contributed by atoms with Crippen LogP contribution >= 0.6 is 12.6 Å². The molecule has 0 saturated carbocycles. The molecule has 0 atom stereocenters. The second-order valence-electron chi connectivity index (χ2n) is 3.32. The second-order valence-corrected chi connectivity index (χ2v) is 5.69. The number of hydrogen-bond acceptors (Lipinski definition) is 4. The summed E-state index contributed by atoms with van der Waals surface area (Å²) in [6, 6.07) is 2.09. The predicted molar refractivity (Wildman–Crippen MR) is 70.2 cm³/mol. The maximum absolute atomic E-state index is 5.42. The third-order valence-electron chi connectivity index (χ3n) is 2.39. The van der Waals surface area contributed by atoms with Crippen LogP contribution in [0, 0.1) is 0 Å². The Kier molecular flexibility index (Phi) is 5.69. The van der Waals surface area contributed by atoms with Crippen LogP contribution in [-0.2, 0) is 6.42 Å². The molecule has 0 aliphatic heterocycles. The molecule has 0 bridgehead atoms. The van der Waals surface area contributed by atoms with Gasteiger partial charge >= 0.3 is 8.64 Å². The number of methoxy groups -OCH3 is 2. The summed E-state index contributed by atoms with van der Waals surface area (Å²) in [5.41, 5.74) is 3.25. The summed E-state index contributed by atoms with van der Waals surface area (Å²) in [7, 11) is 3.85. The van der Waals surface area contributed by atoms with Crippen molar-refractivity contribution >= 4 is 21.3 Å². The average molecular weight is 258 g/mol. The summed E-state index contributed by atoms with van der Waals surface area (Å²) in [6.45, 7) is 0. The van der Waals surface area contributed by atoms with E-state index < -0.39 is 8.64 Å². The molecule has 0 saturated heterocycles. The number of rotatable bonds is 6. The van der Waals surface area contributed by atoms with Gasteiger partial charge in [0.1, 0.15) is 0 Å². The largest absolute Gasteiger partial charge is 0.548 e. The van der Waals surface area contributed by atoms with Crippen molar-refractivity contribution in [3.8, 4) is 11.1 Å². The van der Waals surface area contributed by atoms with Gasteiger partial charge in [-0.05, 0) is 29.8 Å². The Morgan fingerprint density at radius 3 is 2.50 bits per heavy atom. The zero-order chi connectivity index (χ0) is 12.0. The molecule has 16 heavy (non-hydrogen) atoms. The Bertz CT molecular complexity index is 344. The highest BCUT2D eigenvalue weighted by Gasteiger charge is 2.16. The van der Waals surface area contributed by atoms with Crippen LogP contribution in [0.2, 0.25) is 0 Å². The van der Waals surface area contributed by atoms with Crippen molar-refractivity contribution in [2.75, 3.05) is 27.1 Å². The van der Waals surface area contributed by atoms with Crippen molar-refractivity contribution in [1.29, 1.82) is 0 Å². The zero-order valence-electron chi connectivity index (χ0n) is 9.95. The van der Waals surface area contributed by atoms with Gasteiger partial charge in [-0.1, -0.05) is 6.07 Å². The molecule has 0 fully saturated rings. The molecule has 1 rings (SSSR count). The first kappa shape index (κ1) is 13.4. The smallest absolute Gasteiger partial charge is 0.312 e. The monoisotopic (exact) mass is 258 g/mol. The Hall–Kier alpha value is -0.683. The van der Waals surface area contributed by atoms with Crippen LogP contribution < -0.4 is 13.9 Å². The van der Waals surface area contributed by atoms with Gasteiger partial charge in [0, 0.05) is 0 Å². The highest BCUT2D eigenvalue weighted by atomic mass is 32.1. The lowest BCUT2D eigenvalue weighted by Crippen LogP contribution is -2.13. The van der Waals surface area contributed by atoms with Crippen LogP contribution in [0.5, 0.6) is 11.1 Å². The molecule has 0 amide bonds. The van der Waals surface area contributed by atoms with Crippen LogP contribution in [-0.4, -0.2) is 35.7 Å². The van der Waals surface area contributed by atoms with E-state index in [4.69, 9.17) is 13.9 Å². The van der Waals surface area contributed by atoms with Gasteiger partial charge in [-0.2, -0.15) is 12.6 Å². The van der Waals surface area contributed by atoms with Crippen molar-refractivity contribution < 1.29 is 13.9 Å². The van der Waals surface area contributed by atoms with E-state index in [1.54, 1.807) is 21.3 Å². The lowest BCUT2D eigenvalue weighted by molar-refractivity contribution is 0.351. The van der Waals surface area contributed by atoms with Gasteiger partial charge in [-0.3, -0.25) is 0 Å². The fourth-order valence-corrected chi connectivity index (χ4v) is 3.30. The molecule has 3 nitrogen and oxygen atoms in total. The molecule has 1 aromatic heterocycles. The maximum Gasteiger partial charge on any atom is 0.312 e. The lowest BCUT2D eigenvalue weighted by atomic mass is 10.1. The normalized spacial score (nSPS) is 10.0. The molecular weight excluding hydrogens is 240 g/mol. The first-order chi connectivity index (χ1) is 7.78. The summed E-state index contributed by atoms with van der Waals surface area (Å²) in [6.07, 6.45) is 1.98. The quantitative estimate of drug-likeness (QED) is 0.621. The van der Waals surface area contributed by atoms with Crippen LogP contribution in [0.15, 0.2) is 11.7 Å². The molecule has 0 spiro atoms. The third-order valence-corrected chi connectivity index (χ3v) is 4.49. The van der Waals surface area contributed by atoms with E-state index in [0.29, 0.717) is 0 Å². The fourth-order valence-electron chi connectivity index (χ4n) is 1.63. The summed E-state index contributed by atoms with van der Waals surface area (Å²) in [4.78, 5) is 0. The van der Waals surface area contributed by atoms with E-state index >= 15 is 0 Å². The lowest BCUT2D eigenvalue weighted by Gasteiger charge is -2.15. The topological polar surface area (TPSA) is 27.7 Å². The zero-order valence-corrected chi connectivity index (χ0v) is 11.8. The van der Waals surface area contributed by atoms with Gasteiger partial charge in [0.25, 0.3) is 0 Å². The summed E-state index contributed by atoms with van der Waals surface area (Å²) in [5, 5.41) is 0.840. The minimum Gasteiger partial charge on any atom is -0.548 e.